The Balaban J connectivity index is 2.41. The first kappa shape index (κ1) is 11.6. The highest BCUT2D eigenvalue weighted by atomic mass is 16.4. The first-order chi connectivity index (χ1) is 8.04. The maximum atomic E-state index is 11.5. The Hall–Kier alpha value is -1.88. The number of fused-ring (bicyclic) bond motifs is 1. The lowest BCUT2D eigenvalue weighted by molar-refractivity contribution is -0.138. The van der Waals surface area contributed by atoms with E-state index in [0.717, 1.165) is 11.3 Å². The third-order valence-corrected chi connectivity index (χ3v) is 3.12. The number of benzene rings is 1. The molecule has 1 atom stereocenters. The molecule has 90 valence electrons. The van der Waals surface area contributed by atoms with E-state index in [-0.39, 0.29) is 12.5 Å². The number of carboxylic acids is 1. The summed E-state index contributed by atoms with van der Waals surface area (Å²) in [4.78, 5) is 24.1. The molecule has 0 aromatic heterocycles. The predicted octanol–water partition coefficient (Wildman–Crippen LogP) is 0.332. The normalized spacial score (nSPS) is 15.9. The molecule has 5 nitrogen and oxygen atoms in total. The molecule has 0 aliphatic carbocycles. The molecule has 1 aromatic rings. The molecule has 1 unspecified atom stereocenters. The smallest absolute Gasteiger partial charge is 0.312 e. The highest BCUT2D eigenvalue weighted by Crippen LogP contribution is 2.30. The zero-order valence-corrected chi connectivity index (χ0v) is 9.51. The van der Waals surface area contributed by atoms with Gasteiger partial charge >= 0.3 is 5.97 Å². The van der Waals surface area contributed by atoms with Crippen LogP contribution in [0.1, 0.15) is 17.0 Å². The van der Waals surface area contributed by atoms with Crippen LogP contribution in [0.15, 0.2) is 18.2 Å². The number of nitrogens with zero attached hydrogens (tertiary/aromatic N) is 1. The van der Waals surface area contributed by atoms with Crippen molar-refractivity contribution >= 4 is 17.6 Å². The fourth-order valence-electron chi connectivity index (χ4n) is 2.05. The Kier molecular flexibility index (Phi) is 2.85. The van der Waals surface area contributed by atoms with Gasteiger partial charge in [-0.1, -0.05) is 12.1 Å². The van der Waals surface area contributed by atoms with Crippen molar-refractivity contribution < 1.29 is 14.7 Å². The number of carbonyl (C=O) groups is 2. The number of likely N-dealkylation sites (N-methyl/N-ethyl adjacent to an activating group) is 1. The molecule has 0 bridgehead atoms. The van der Waals surface area contributed by atoms with E-state index in [4.69, 9.17) is 10.8 Å². The topological polar surface area (TPSA) is 83.6 Å². The standard InChI is InChI=1S/C12H14N2O3/c1-14-10-4-7(9(6-13)12(16)17)2-3-8(10)5-11(14)15/h2-4,9H,5-6,13H2,1H3,(H,16,17). The lowest BCUT2D eigenvalue weighted by Gasteiger charge is -2.14. The monoisotopic (exact) mass is 234 g/mol. The van der Waals surface area contributed by atoms with E-state index < -0.39 is 11.9 Å². The largest absolute Gasteiger partial charge is 0.481 e. The molecule has 0 saturated carbocycles. The fraction of sp³-hybridized carbons (Fsp3) is 0.333. The lowest BCUT2D eigenvalue weighted by atomic mass is 9.97. The van der Waals surface area contributed by atoms with Gasteiger partial charge in [0, 0.05) is 19.3 Å². The molecule has 1 aliphatic rings. The molecular weight excluding hydrogens is 220 g/mol. The molecule has 17 heavy (non-hydrogen) atoms. The number of carboxylic acid groups (broad SMARTS) is 1. The first-order valence-corrected chi connectivity index (χ1v) is 5.37. The second-order valence-corrected chi connectivity index (χ2v) is 4.14. The Bertz CT molecular complexity index is 485. The average Bonchev–Trinajstić information content (AvgIpc) is 2.56. The molecule has 1 aliphatic heterocycles. The SMILES string of the molecule is CN1C(=O)Cc2ccc(C(CN)C(=O)O)cc21. The van der Waals surface area contributed by atoms with E-state index in [1.165, 1.54) is 0 Å². The van der Waals surface area contributed by atoms with Crippen molar-refractivity contribution in [3.8, 4) is 0 Å². The third-order valence-electron chi connectivity index (χ3n) is 3.12. The molecule has 3 N–H and O–H groups in total. The van der Waals surface area contributed by atoms with Crippen molar-refractivity contribution in [2.75, 3.05) is 18.5 Å². The molecule has 0 radical (unpaired) electrons. The number of hydrogen-bond donors (Lipinski definition) is 2. The second kappa shape index (κ2) is 4.18. The van der Waals surface area contributed by atoms with Crippen molar-refractivity contribution in [1.29, 1.82) is 0 Å². The second-order valence-electron chi connectivity index (χ2n) is 4.14. The molecule has 1 aromatic carbocycles. The Labute approximate surface area is 98.8 Å². The van der Waals surface area contributed by atoms with E-state index >= 15 is 0 Å². The van der Waals surface area contributed by atoms with Crippen molar-refractivity contribution in [2.45, 2.75) is 12.3 Å². The summed E-state index contributed by atoms with van der Waals surface area (Å²) in [5.74, 6) is -1.64. The van der Waals surface area contributed by atoms with Gasteiger partial charge in [0.1, 0.15) is 0 Å². The summed E-state index contributed by atoms with van der Waals surface area (Å²) < 4.78 is 0. The molecule has 0 fully saturated rings. The summed E-state index contributed by atoms with van der Waals surface area (Å²) in [7, 11) is 1.69. The zero-order chi connectivity index (χ0) is 12.6. The van der Waals surface area contributed by atoms with Gasteiger partial charge in [-0.15, -0.1) is 0 Å². The van der Waals surface area contributed by atoms with Gasteiger partial charge in [-0.2, -0.15) is 0 Å². The number of anilines is 1. The van der Waals surface area contributed by atoms with Crippen molar-refractivity contribution in [1.82, 2.24) is 0 Å². The van der Waals surface area contributed by atoms with Crippen LogP contribution in [-0.4, -0.2) is 30.6 Å². The zero-order valence-electron chi connectivity index (χ0n) is 9.51. The Morgan fingerprint density at radius 1 is 1.59 bits per heavy atom. The van der Waals surface area contributed by atoms with Gasteiger partial charge < -0.3 is 15.7 Å². The fourth-order valence-corrected chi connectivity index (χ4v) is 2.05. The van der Waals surface area contributed by atoms with Crippen LogP contribution in [0.2, 0.25) is 0 Å². The summed E-state index contributed by atoms with van der Waals surface area (Å²) >= 11 is 0. The lowest BCUT2D eigenvalue weighted by Crippen LogP contribution is -2.22. The molecule has 5 heteroatoms. The van der Waals surface area contributed by atoms with Crippen LogP contribution in [0.3, 0.4) is 0 Å². The van der Waals surface area contributed by atoms with Crippen LogP contribution < -0.4 is 10.6 Å². The van der Waals surface area contributed by atoms with Crippen LogP contribution in [-0.2, 0) is 16.0 Å². The van der Waals surface area contributed by atoms with Crippen molar-refractivity contribution in [2.24, 2.45) is 5.73 Å². The molecule has 0 spiro atoms. The van der Waals surface area contributed by atoms with Crippen LogP contribution in [0.4, 0.5) is 5.69 Å². The summed E-state index contributed by atoms with van der Waals surface area (Å²) in [5, 5.41) is 9.03. The summed E-state index contributed by atoms with van der Waals surface area (Å²) in [6, 6.07) is 5.28. The predicted molar refractivity (Wildman–Crippen MR) is 63.0 cm³/mol. The van der Waals surface area contributed by atoms with Crippen LogP contribution in [0, 0.1) is 0 Å². The molecule has 1 heterocycles. The van der Waals surface area contributed by atoms with Crippen LogP contribution in [0.25, 0.3) is 0 Å². The summed E-state index contributed by atoms with van der Waals surface area (Å²) in [5.41, 5.74) is 7.81. The minimum absolute atomic E-state index is 0.0248. The van der Waals surface area contributed by atoms with Gasteiger partial charge in [0.15, 0.2) is 0 Å². The van der Waals surface area contributed by atoms with Gasteiger partial charge in [0.2, 0.25) is 5.91 Å². The molecule has 0 saturated heterocycles. The number of aliphatic carboxylic acids is 1. The first-order valence-electron chi connectivity index (χ1n) is 5.37. The van der Waals surface area contributed by atoms with E-state index in [1.807, 2.05) is 0 Å². The van der Waals surface area contributed by atoms with Crippen LogP contribution in [0.5, 0.6) is 0 Å². The number of rotatable bonds is 3. The number of nitrogens with two attached hydrogens (primary N) is 1. The van der Waals surface area contributed by atoms with E-state index in [2.05, 4.69) is 0 Å². The van der Waals surface area contributed by atoms with Gasteiger partial charge in [-0.3, -0.25) is 9.59 Å². The molecule has 2 rings (SSSR count). The summed E-state index contributed by atoms with van der Waals surface area (Å²) in [6.45, 7) is 0.0474. The van der Waals surface area contributed by atoms with Crippen molar-refractivity contribution in [3.05, 3.63) is 29.3 Å². The van der Waals surface area contributed by atoms with E-state index in [1.54, 1.807) is 30.1 Å². The quantitative estimate of drug-likeness (QED) is 0.789. The Morgan fingerprint density at radius 2 is 2.29 bits per heavy atom. The maximum Gasteiger partial charge on any atom is 0.312 e. The minimum Gasteiger partial charge on any atom is -0.481 e. The maximum absolute atomic E-state index is 11.5. The van der Waals surface area contributed by atoms with E-state index in [0.29, 0.717) is 12.0 Å². The van der Waals surface area contributed by atoms with Crippen molar-refractivity contribution in [3.63, 3.8) is 0 Å². The van der Waals surface area contributed by atoms with E-state index in [9.17, 15) is 9.59 Å². The minimum atomic E-state index is -0.945. The number of amides is 1. The highest BCUT2D eigenvalue weighted by molar-refractivity contribution is 6.01. The number of carbonyl (C=O) groups excluding carboxylic acids is 1. The Morgan fingerprint density at radius 3 is 2.88 bits per heavy atom. The third kappa shape index (κ3) is 1.89. The highest BCUT2D eigenvalue weighted by Gasteiger charge is 2.26. The van der Waals surface area contributed by atoms with Gasteiger partial charge in [0.25, 0.3) is 0 Å². The molecular formula is C12H14N2O3. The number of hydrogen-bond acceptors (Lipinski definition) is 3. The molecule has 1 amide bonds. The average molecular weight is 234 g/mol. The van der Waals surface area contributed by atoms with Gasteiger partial charge in [-0.25, -0.2) is 0 Å². The summed E-state index contributed by atoms with van der Waals surface area (Å²) in [6.07, 6.45) is 0.381. The van der Waals surface area contributed by atoms with Gasteiger partial charge in [-0.05, 0) is 17.2 Å². The van der Waals surface area contributed by atoms with Crippen LogP contribution >= 0.6 is 0 Å². The van der Waals surface area contributed by atoms with Gasteiger partial charge in [0.05, 0.1) is 12.3 Å².